The molecule has 82 valence electrons. The Hall–Kier alpha value is -1.35. The summed E-state index contributed by atoms with van der Waals surface area (Å²) < 4.78 is 4.85. The highest BCUT2D eigenvalue weighted by molar-refractivity contribution is 5.82. The number of benzene rings is 1. The lowest BCUT2D eigenvalue weighted by Crippen LogP contribution is -2.46. The van der Waals surface area contributed by atoms with Gasteiger partial charge in [0.05, 0.1) is 7.11 Å². The van der Waals surface area contributed by atoms with Gasteiger partial charge in [0.2, 0.25) is 0 Å². The van der Waals surface area contributed by atoms with E-state index in [0.29, 0.717) is 0 Å². The number of esters is 1. The number of methoxy groups -OCH3 is 1. The Labute approximate surface area is 90.7 Å². The van der Waals surface area contributed by atoms with Gasteiger partial charge in [-0.15, -0.1) is 0 Å². The van der Waals surface area contributed by atoms with Gasteiger partial charge in [0.1, 0.15) is 5.54 Å². The maximum absolute atomic E-state index is 11.8. The van der Waals surface area contributed by atoms with Crippen LogP contribution in [0, 0.1) is 0 Å². The lowest BCUT2D eigenvalue weighted by molar-refractivity contribution is -0.153. The highest BCUT2D eigenvalue weighted by Gasteiger charge is 2.38. The van der Waals surface area contributed by atoms with Gasteiger partial charge in [-0.1, -0.05) is 30.3 Å². The van der Waals surface area contributed by atoms with E-state index in [2.05, 4.69) is 0 Å². The van der Waals surface area contributed by atoms with Crippen molar-refractivity contribution >= 4 is 5.97 Å². The van der Waals surface area contributed by atoms with Crippen LogP contribution in [0.1, 0.15) is 12.5 Å². The smallest absolute Gasteiger partial charge is 0.330 e. The van der Waals surface area contributed by atoms with Crippen molar-refractivity contribution in [1.82, 2.24) is 4.90 Å². The average Bonchev–Trinajstić information content (AvgIpc) is 2.27. The van der Waals surface area contributed by atoms with E-state index in [9.17, 15) is 4.79 Å². The number of carbonyl (C=O) groups excluding carboxylic acids is 1. The zero-order chi connectivity index (χ0) is 11.5. The molecule has 0 spiro atoms. The van der Waals surface area contributed by atoms with Crippen LogP contribution in [-0.4, -0.2) is 32.1 Å². The summed E-state index contributed by atoms with van der Waals surface area (Å²) in [5.41, 5.74) is 0.206. The Balaban J connectivity index is 3.19. The first-order valence-corrected chi connectivity index (χ1v) is 4.85. The van der Waals surface area contributed by atoms with Crippen molar-refractivity contribution < 1.29 is 9.53 Å². The fraction of sp³-hybridized carbons (Fsp3) is 0.417. The van der Waals surface area contributed by atoms with Crippen LogP contribution >= 0.6 is 0 Å². The van der Waals surface area contributed by atoms with E-state index in [1.165, 1.54) is 7.11 Å². The maximum Gasteiger partial charge on any atom is 0.330 e. The number of nitrogens with zero attached hydrogens (tertiary/aromatic N) is 1. The minimum absolute atomic E-state index is 0.251. The molecule has 0 bridgehead atoms. The molecular weight excluding hydrogens is 190 g/mol. The fourth-order valence-electron chi connectivity index (χ4n) is 1.52. The predicted octanol–water partition coefficient (Wildman–Crippen LogP) is 1.64. The van der Waals surface area contributed by atoms with Gasteiger partial charge in [-0.05, 0) is 26.6 Å². The minimum atomic E-state index is -0.726. The van der Waals surface area contributed by atoms with Gasteiger partial charge >= 0.3 is 5.97 Å². The Morgan fingerprint density at radius 2 is 1.80 bits per heavy atom. The Kier molecular flexibility index (Phi) is 3.48. The van der Waals surface area contributed by atoms with Crippen molar-refractivity contribution in [3.05, 3.63) is 35.9 Å². The molecule has 0 heterocycles. The van der Waals surface area contributed by atoms with Gasteiger partial charge in [0.15, 0.2) is 0 Å². The molecule has 1 aromatic carbocycles. The van der Waals surface area contributed by atoms with Crippen LogP contribution in [-0.2, 0) is 15.1 Å². The monoisotopic (exact) mass is 207 g/mol. The highest BCUT2D eigenvalue weighted by atomic mass is 16.5. The van der Waals surface area contributed by atoms with Gasteiger partial charge in [-0.25, -0.2) is 4.79 Å². The van der Waals surface area contributed by atoms with Crippen LogP contribution in [0.5, 0.6) is 0 Å². The molecule has 0 fully saturated rings. The van der Waals surface area contributed by atoms with E-state index in [1.807, 2.05) is 56.3 Å². The Morgan fingerprint density at radius 1 is 1.27 bits per heavy atom. The summed E-state index contributed by atoms with van der Waals surface area (Å²) >= 11 is 0. The summed E-state index contributed by atoms with van der Waals surface area (Å²) in [7, 11) is 5.14. The fourth-order valence-corrected chi connectivity index (χ4v) is 1.52. The number of likely N-dealkylation sites (N-methyl/N-ethyl adjacent to an activating group) is 1. The second-order valence-electron chi connectivity index (χ2n) is 3.82. The quantitative estimate of drug-likeness (QED) is 0.706. The third kappa shape index (κ3) is 2.02. The van der Waals surface area contributed by atoms with Crippen LogP contribution in [0.15, 0.2) is 30.3 Å². The largest absolute Gasteiger partial charge is 0.467 e. The molecule has 0 saturated carbocycles. The molecule has 0 aliphatic carbocycles. The molecular formula is C12H17NO2. The van der Waals surface area contributed by atoms with E-state index in [0.717, 1.165) is 5.56 Å². The number of hydrogen-bond acceptors (Lipinski definition) is 3. The normalized spacial score (nSPS) is 14.7. The standard InChI is InChI=1S/C12H17NO2/c1-12(13(2)3,11(14)15-4)10-8-6-5-7-9-10/h5-9H,1-4H3. The van der Waals surface area contributed by atoms with E-state index in [1.54, 1.807) is 0 Å². The van der Waals surface area contributed by atoms with Gasteiger partial charge in [0.25, 0.3) is 0 Å². The number of hydrogen-bond donors (Lipinski definition) is 0. The van der Waals surface area contributed by atoms with Crippen molar-refractivity contribution in [1.29, 1.82) is 0 Å². The van der Waals surface area contributed by atoms with Crippen LogP contribution < -0.4 is 0 Å². The summed E-state index contributed by atoms with van der Waals surface area (Å²) in [4.78, 5) is 13.7. The van der Waals surface area contributed by atoms with Gasteiger partial charge in [-0.3, -0.25) is 4.90 Å². The molecule has 3 nitrogen and oxygen atoms in total. The van der Waals surface area contributed by atoms with Gasteiger partial charge < -0.3 is 4.74 Å². The van der Waals surface area contributed by atoms with Crippen LogP contribution in [0.25, 0.3) is 0 Å². The second kappa shape index (κ2) is 4.45. The summed E-state index contributed by atoms with van der Waals surface area (Å²) in [6.45, 7) is 1.86. The molecule has 1 atom stereocenters. The first kappa shape index (κ1) is 11.7. The van der Waals surface area contributed by atoms with Crippen molar-refractivity contribution in [2.45, 2.75) is 12.5 Å². The highest BCUT2D eigenvalue weighted by Crippen LogP contribution is 2.27. The molecule has 0 saturated heterocycles. The minimum Gasteiger partial charge on any atom is -0.467 e. The Bertz CT molecular complexity index is 335. The third-order valence-electron chi connectivity index (χ3n) is 2.81. The summed E-state index contributed by atoms with van der Waals surface area (Å²) in [6, 6.07) is 9.62. The van der Waals surface area contributed by atoms with Crippen LogP contribution in [0.2, 0.25) is 0 Å². The Morgan fingerprint density at radius 3 is 2.20 bits per heavy atom. The molecule has 0 N–H and O–H groups in total. The molecule has 3 heteroatoms. The maximum atomic E-state index is 11.8. The molecule has 1 rings (SSSR count). The molecule has 0 amide bonds. The SMILES string of the molecule is COC(=O)C(C)(c1ccccc1)N(C)C. The third-order valence-corrected chi connectivity index (χ3v) is 2.81. The molecule has 1 unspecified atom stereocenters. The molecule has 1 aromatic rings. The van der Waals surface area contributed by atoms with E-state index in [-0.39, 0.29) is 5.97 Å². The lowest BCUT2D eigenvalue weighted by Gasteiger charge is -2.33. The number of ether oxygens (including phenoxy) is 1. The predicted molar refractivity (Wildman–Crippen MR) is 59.5 cm³/mol. The number of rotatable bonds is 3. The summed E-state index contributed by atoms with van der Waals surface area (Å²) in [5.74, 6) is -0.251. The zero-order valence-electron chi connectivity index (χ0n) is 9.65. The lowest BCUT2D eigenvalue weighted by atomic mass is 9.91. The van der Waals surface area contributed by atoms with Crippen LogP contribution in [0.4, 0.5) is 0 Å². The van der Waals surface area contributed by atoms with E-state index in [4.69, 9.17) is 4.74 Å². The second-order valence-corrected chi connectivity index (χ2v) is 3.82. The molecule has 15 heavy (non-hydrogen) atoms. The average molecular weight is 207 g/mol. The first-order chi connectivity index (χ1) is 7.03. The molecule has 0 aliphatic heterocycles. The topological polar surface area (TPSA) is 29.5 Å². The molecule has 0 aliphatic rings. The van der Waals surface area contributed by atoms with E-state index < -0.39 is 5.54 Å². The first-order valence-electron chi connectivity index (χ1n) is 4.85. The van der Waals surface area contributed by atoms with Crippen molar-refractivity contribution in [2.75, 3.05) is 21.2 Å². The number of carbonyl (C=O) groups is 1. The zero-order valence-corrected chi connectivity index (χ0v) is 9.65. The summed E-state index contributed by atoms with van der Waals surface area (Å²) in [6.07, 6.45) is 0. The van der Waals surface area contributed by atoms with Crippen molar-refractivity contribution in [2.24, 2.45) is 0 Å². The van der Waals surface area contributed by atoms with Gasteiger partial charge in [0, 0.05) is 0 Å². The molecule has 0 radical (unpaired) electrons. The van der Waals surface area contributed by atoms with Crippen molar-refractivity contribution in [3.8, 4) is 0 Å². The molecule has 0 aromatic heterocycles. The van der Waals surface area contributed by atoms with Crippen LogP contribution in [0.3, 0.4) is 0 Å². The van der Waals surface area contributed by atoms with E-state index >= 15 is 0 Å². The van der Waals surface area contributed by atoms with Crippen molar-refractivity contribution in [3.63, 3.8) is 0 Å². The van der Waals surface area contributed by atoms with Gasteiger partial charge in [-0.2, -0.15) is 0 Å². The summed E-state index contributed by atoms with van der Waals surface area (Å²) in [5, 5.41) is 0.